The molecule has 0 spiro atoms. The Labute approximate surface area is 145 Å². The Hall–Kier alpha value is -3.28. The van der Waals surface area contributed by atoms with Gasteiger partial charge < -0.3 is 14.9 Å². The summed E-state index contributed by atoms with van der Waals surface area (Å²) >= 11 is 0. The molecule has 0 saturated carbocycles. The van der Waals surface area contributed by atoms with E-state index in [0.29, 0.717) is 27.8 Å². The highest BCUT2D eigenvalue weighted by Gasteiger charge is 2.16. The second-order valence-electron chi connectivity index (χ2n) is 5.71. The molecule has 6 heteroatoms. The molecule has 0 fully saturated rings. The van der Waals surface area contributed by atoms with Gasteiger partial charge in [-0.05, 0) is 30.3 Å². The first-order valence-electron chi connectivity index (χ1n) is 7.75. The van der Waals surface area contributed by atoms with Crippen LogP contribution < -0.4 is 10.3 Å². The number of hydrogen-bond donors (Lipinski definition) is 1. The Balaban J connectivity index is 2.33. The summed E-state index contributed by atoms with van der Waals surface area (Å²) in [5.41, 5.74) is 0.744. The van der Waals surface area contributed by atoms with Crippen LogP contribution >= 0.6 is 0 Å². The molecule has 0 bridgehead atoms. The first-order chi connectivity index (χ1) is 12.0. The number of fused-ring (bicyclic) bond motifs is 1. The SMILES string of the molecule is COc1ccc(-n2c(O)c(/C=N/N(C)C)c3ccccc3c2=O)cc1. The maximum Gasteiger partial charge on any atom is 0.265 e. The lowest BCUT2D eigenvalue weighted by Crippen LogP contribution is -2.20. The molecule has 6 nitrogen and oxygen atoms in total. The number of aromatic hydroxyl groups is 1. The summed E-state index contributed by atoms with van der Waals surface area (Å²) in [6.45, 7) is 0. The van der Waals surface area contributed by atoms with Crippen molar-refractivity contribution >= 4 is 17.0 Å². The molecule has 1 heterocycles. The van der Waals surface area contributed by atoms with Crippen molar-refractivity contribution in [3.63, 3.8) is 0 Å². The zero-order valence-corrected chi connectivity index (χ0v) is 14.3. The quantitative estimate of drug-likeness (QED) is 0.587. The van der Waals surface area contributed by atoms with Gasteiger partial charge in [0.15, 0.2) is 0 Å². The lowest BCUT2D eigenvalue weighted by molar-refractivity contribution is 0.414. The fourth-order valence-electron chi connectivity index (χ4n) is 2.63. The van der Waals surface area contributed by atoms with Gasteiger partial charge in [-0.15, -0.1) is 0 Å². The van der Waals surface area contributed by atoms with Gasteiger partial charge in [-0.1, -0.05) is 18.2 Å². The van der Waals surface area contributed by atoms with E-state index in [2.05, 4.69) is 5.10 Å². The highest BCUT2D eigenvalue weighted by Crippen LogP contribution is 2.26. The zero-order valence-electron chi connectivity index (χ0n) is 14.3. The molecule has 0 radical (unpaired) electrons. The zero-order chi connectivity index (χ0) is 18.0. The standard InChI is InChI=1S/C19H19N3O3/c1-21(2)20-12-17-15-6-4-5-7-16(15)18(23)22(19(17)24)13-8-10-14(25-3)11-9-13/h4-12,24H,1-3H3/b20-12+. The lowest BCUT2D eigenvalue weighted by atomic mass is 10.1. The molecule has 0 aliphatic rings. The van der Waals surface area contributed by atoms with E-state index in [0.717, 1.165) is 0 Å². The molecule has 128 valence electrons. The van der Waals surface area contributed by atoms with Gasteiger partial charge in [0.1, 0.15) is 5.75 Å². The molecule has 3 rings (SSSR count). The molecule has 0 aliphatic heterocycles. The third-order valence-corrected chi connectivity index (χ3v) is 3.85. The van der Waals surface area contributed by atoms with E-state index < -0.39 is 0 Å². The third-order valence-electron chi connectivity index (χ3n) is 3.85. The minimum atomic E-state index is -0.291. The summed E-state index contributed by atoms with van der Waals surface area (Å²) in [6, 6.07) is 14.1. The Morgan fingerprint density at radius 1 is 1.08 bits per heavy atom. The molecule has 2 aromatic carbocycles. The molecule has 0 amide bonds. The molecular formula is C19H19N3O3. The molecule has 3 aromatic rings. The van der Waals surface area contributed by atoms with E-state index in [-0.39, 0.29) is 11.4 Å². The van der Waals surface area contributed by atoms with Gasteiger partial charge in [0, 0.05) is 24.9 Å². The van der Waals surface area contributed by atoms with Gasteiger partial charge in [-0.3, -0.25) is 4.79 Å². The Morgan fingerprint density at radius 3 is 2.32 bits per heavy atom. The van der Waals surface area contributed by atoms with Crippen LogP contribution in [0.25, 0.3) is 16.5 Å². The highest BCUT2D eigenvalue weighted by molar-refractivity contribution is 6.01. The summed E-state index contributed by atoms with van der Waals surface area (Å²) in [7, 11) is 5.15. The number of benzene rings is 2. The van der Waals surface area contributed by atoms with Crippen molar-refractivity contribution < 1.29 is 9.84 Å². The van der Waals surface area contributed by atoms with Crippen LogP contribution in [0.4, 0.5) is 0 Å². The van der Waals surface area contributed by atoms with Crippen LogP contribution in [0.1, 0.15) is 5.56 Å². The lowest BCUT2D eigenvalue weighted by Gasteiger charge is -2.14. The van der Waals surface area contributed by atoms with Crippen LogP contribution in [0.5, 0.6) is 11.6 Å². The Bertz CT molecular complexity index is 989. The molecule has 1 N–H and O–H groups in total. The Morgan fingerprint density at radius 2 is 1.72 bits per heavy atom. The van der Waals surface area contributed by atoms with Crippen molar-refractivity contribution in [2.24, 2.45) is 5.10 Å². The number of hydrazone groups is 1. The van der Waals surface area contributed by atoms with Crippen LogP contribution in [-0.4, -0.2) is 42.1 Å². The maximum atomic E-state index is 12.9. The molecule has 0 unspecified atom stereocenters. The summed E-state index contributed by atoms with van der Waals surface area (Å²) in [5.74, 6) is 0.519. The minimum Gasteiger partial charge on any atom is -0.497 e. The van der Waals surface area contributed by atoms with E-state index in [1.54, 1.807) is 74.9 Å². The van der Waals surface area contributed by atoms with Crippen molar-refractivity contribution in [1.82, 2.24) is 9.58 Å². The van der Waals surface area contributed by atoms with E-state index in [4.69, 9.17) is 4.74 Å². The number of methoxy groups -OCH3 is 1. The van der Waals surface area contributed by atoms with Gasteiger partial charge in [-0.25, -0.2) is 4.57 Å². The molecule has 1 aromatic heterocycles. The second kappa shape index (κ2) is 6.68. The van der Waals surface area contributed by atoms with Gasteiger partial charge in [-0.2, -0.15) is 5.10 Å². The number of nitrogens with zero attached hydrogens (tertiary/aromatic N) is 3. The third kappa shape index (κ3) is 3.06. The van der Waals surface area contributed by atoms with Crippen LogP contribution in [-0.2, 0) is 0 Å². The van der Waals surface area contributed by atoms with Gasteiger partial charge in [0.25, 0.3) is 5.56 Å². The summed E-state index contributed by atoms with van der Waals surface area (Å²) in [5, 5.41) is 17.8. The van der Waals surface area contributed by atoms with Crippen molar-refractivity contribution in [1.29, 1.82) is 0 Å². The second-order valence-corrected chi connectivity index (χ2v) is 5.71. The maximum absolute atomic E-state index is 12.9. The molecule has 25 heavy (non-hydrogen) atoms. The van der Waals surface area contributed by atoms with Crippen molar-refractivity contribution in [2.75, 3.05) is 21.2 Å². The normalized spacial score (nSPS) is 11.2. The molecule has 0 aliphatic carbocycles. The number of rotatable bonds is 4. The van der Waals surface area contributed by atoms with Crippen LogP contribution in [0.3, 0.4) is 0 Å². The van der Waals surface area contributed by atoms with Crippen molar-refractivity contribution in [2.45, 2.75) is 0 Å². The minimum absolute atomic E-state index is 0.153. The first-order valence-corrected chi connectivity index (χ1v) is 7.75. The molecule has 0 saturated heterocycles. The number of ether oxygens (including phenoxy) is 1. The predicted molar refractivity (Wildman–Crippen MR) is 99.0 cm³/mol. The largest absolute Gasteiger partial charge is 0.497 e. The van der Waals surface area contributed by atoms with E-state index in [1.165, 1.54) is 4.57 Å². The van der Waals surface area contributed by atoms with Crippen LogP contribution in [0.2, 0.25) is 0 Å². The topological polar surface area (TPSA) is 67.1 Å². The summed E-state index contributed by atoms with van der Waals surface area (Å²) < 4.78 is 6.42. The van der Waals surface area contributed by atoms with Crippen LogP contribution in [0, 0.1) is 0 Å². The summed E-state index contributed by atoms with van der Waals surface area (Å²) in [6.07, 6.45) is 1.55. The van der Waals surface area contributed by atoms with E-state index in [9.17, 15) is 9.90 Å². The fraction of sp³-hybridized carbons (Fsp3) is 0.158. The molecular weight excluding hydrogens is 318 g/mol. The van der Waals surface area contributed by atoms with Crippen molar-refractivity contribution in [3.8, 4) is 17.3 Å². The van der Waals surface area contributed by atoms with Gasteiger partial charge >= 0.3 is 0 Å². The molecule has 0 atom stereocenters. The number of pyridine rings is 1. The monoisotopic (exact) mass is 337 g/mol. The smallest absolute Gasteiger partial charge is 0.265 e. The Kier molecular flexibility index (Phi) is 4.43. The number of aromatic nitrogens is 1. The number of hydrogen-bond acceptors (Lipinski definition) is 5. The average molecular weight is 337 g/mol. The summed E-state index contributed by atoms with van der Waals surface area (Å²) in [4.78, 5) is 12.9. The van der Waals surface area contributed by atoms with Gasteiger partial charge in [0.05, 0.1) is 24.6 Å². The average Bonchev–Trinajstić information content (AvgIpc) is 2.62. The first kappa shape index (κ1) is 16.6. The van der Waals surface area contributed by atoms with Crippen molar-refractivity contribution in [3.05, 3.63) is 64.4 Å². The van der Waals surface area contributed by atoms with Crippen LogP contribution in [0.15, 0.2) is 58.4 Å². The highest BCUT2D eigenvalue weighted by atomic mass is 16.5. The van der Waals surface area contributed by atoms with E-state index >= 15 is 0 Å². The van der Waals surface area contributed by atoms with Gasteiger partial charge in [0.2, 0.25) is 5.88 Å². The fourth-order valence-corrected chi connectivity index (χ4v) is 2.63. The van der Waals surface area contributed by atoms with E-state index in [1.807, 2.05) is 6.07 Å². The predicted octanol–water partition coefficient (Wildman–Crippen LogP) is 2.60.